The third-order valence-corrected chi connectivity index (χ3v) is 3.97. The summed E-state index contributed by atoms with van der Waals surface area (Å²) in [6, 6.07) is 2.20. The second kappa shape index (κ2) is 8.57. The molecule has 1 aromatic rings. The summed E-state index contributed by atoms with van der Waals surface area (Å²) in [5.41, 5.74) is 1.26. The topological polar surface area (TPSA) is 31.6 Å². The maximum Gasteiger partial charge on any atom is 0.118 e. The van der Waals surface area contributed by atoms with Crippen molar-refractivity contribution in [2.75, 3.05) is 39.3 Å². The lowest BCUT2D eigenvalue weighted by Gasteiger charge is -2.33. The summed E-state index contributed by atoms with van der Waals surface area (Å²) in [6.07, 6.45) is 3.15. The Morgan fingerprint density at radius 2 is 1.90 bits per heavy atom. The van der Waals surface area contributed by atoms with Gasteiger partial charge in [-0.05, 0) is 31.5 Å². The lowest BCUT2D eigenvalue weighted by molar-refractivity contribution is 0.121. The molecule has 0 bridgehead atoms. The molecule has 1 aliphatic heterocycles. The van der Waals surface area contributed by atoms with Gasteiger partial charge < -0.3 is 14.6 Å². The van der Waals surface area contributed by atoms with Gasteiger partial charge in [0.25, 0.3) is 0 Å². The van der Waals surface area contributed by atoms with Crippen LogP contribution in [0.25, 0.3) is 0 Å². The molecule has 0 aliphatic carbocycles. The quantitative estimate of drug-likeness (QED) is 0.798. The molecule has 1 N–H and O–H groups in total. The number of furan rings is 1. The Balaban J connectivity index is 1.70. The molecule has 0 aromatic carbocycles. The fourth-order valence-electron chi connectivity index (χ4n) is 2.81. The molecule has 4 nitrogen and oxygen atoms in total. The zero-order chi connectivity index (χ0) is 15.1. The highest BCUT2D eigenvalue weighted by molar-refractivity contribution is 5.12. The van der Waals surface area contributed by atoms with Gasteiger partial charge >= 0.3 is 0 Å². The number of hydrogen-bond acceptors (Lipinski definition) is 4. The van der Waals surface area contributed by atoms with Crippen LogP contribution in [0.5, 0.6) is 0 Å². The number of nitrogens with zero attached hydrogens (tertiary/aromatic N) is 2. The van der Waals surface area contributed by atoms with Crippen molar-refractivity contribution in [3.8, 4) is 0 Å². The Kier molecular flexibility index (Phi) is 6.74. The molecule has 1 saturated heterocycles. The van der Waals surface area contributed by atoms with E-state index < -0.39 is 0 Å². The van der Waals surface area contributed by atoms with Crippen LogP contribution < -0.4 is 5.32 Å². The Hall–Kier alpha value is -0.840. The van der Waals surface area contributed by atoms with E-state index >= 15 is 0 Å². The number of piperazine rings is 1. The smallest absolute Gasteiger partial charge is 0.118 e. The summed E-state index contributed by atoms with van der Waals surface area (Å²) in [5, 5.41) is 3.46. The van der Waals surface area contributed by atoms with Crippen molar-refractivity contribution >= 4 is 0 Å². The van der Waals surface area contributed by atoms with Crippen molar-refractivity contribution in [3.63, 3.8) is 0 Å². The van der Waals surface area contributed by atoms with Crippen LogP contribution in [0.2, 0.25) is 0 Å². The van der Waals surface area contributed by atoms with Gasteiger partial charge in [-0.2, -0.15) is 0 Å². The zero-order valence-corrected chi connectivity index (χ0v) is 13.9. The fourth-order valence-corrected chi connectivity index (χ4v) is 2.81. The molecule has 0 amide bonds. The average molecular weight is 293 g/mol. The molecular formula is C17H31N3O. The van der Waals surface area contributed by atoms with E-state index in [4.69, 9.17) is 4.42 Å². The average Bonchev–Trinajstić information content (AvgIpc) is 2.88. The molecule has 21 heavy (non-hydrogen) atoms. The zero-order valence-electron chi connectivity index (χ0n) is 13.9. The van der Waals surface area contributed by atoms with Crippen molar-refractivity contribution in [3.05, 3.63) is 23.7 Å². The normalized spacial score (nSPS) is 17.7. The van der Waals surface area contributed by atoms with E-state index in [1.54, 1.807) is 0 Å². The van der Waals surface area contributed by atoms with E-state index in [0.717, 1.165) is 38.5 Å². The molecule has 0 unspecified atom stereocenters. The van der Waals surface area contributed by atoms with Gasteiger partial charge in [-0.3, -0.25) is 4.90 Å². The van der Waals surface area contributed by atoms with Crippen molar-refractivity contribution in [2.45, 2.75) is 40.3 Å². The van der Waals surface area contributed by atoms with Crippen LogP contribution in [-0.4, -0.2) is 49.1 Å². The SMILES string of the molecule is CCCN1CCN(Cc2cc(CNCC(C)C)co2)CC1. The molecule has 0 saturated carbocycles. The summed E-state index contributed by atoms with van der Waals surface area (Å²) >= 11 is 0. The summed E-state index contributed by atoms with van der Waals surface area (Å²) < 4.78 is 5.70. The maximum atomic E-state index is 5.70. The van der Waals surface area contributed by atoms with Crippen molar-refractivity contribution < 1.29 is 4.42 Å². The van der Waals surface area contributed by atoms with E-state index in [2.05, 4.69) is 42.0 Å². The molecule has 2 heterocycles. The van der Waals surface area contributed by atoms with E-state index in [-0.39, 0.29) is 0 Å². The second-order valence-corrected chi connectivity index (χ2v) is 6.56. The molecular weight excluding hydrogens is 262 g/mol. The van der Waals surface area contributed by atoms with Crippen LogP contribution >= 0.6 is 0 Å². The lowest BCUT2D eigenvalue weighted by atomic mass is 10.2. The molecule has 1 aliphatic rings. The molecule has 2 rings (SSSR count). The van der Waals surface area contributed by atoms with Crippen molar-refractivity contribution in [2.24, 2.45) is 5.92 Å². The van der Waals surface area contributed by atoms with Gasteiger partial charge in [-0.15, -0.1) is 0 Å². The lowest BCUT2D eigenvalue weighted by Crippen LogP contribution is -2.45. The van der Waals surface area contributed by atoms with E-state index in [1.807, 2.05) is 6.26 Å². The first-order chi connectivity index (χ1) is 10.2. The molecule has 0 radical (unpaired) electrons. The minimum absolute atomic E-state index is 0.691. The van der Waals surface area contributed by atoms with Crippen molar-refractivity contribution in [1.29, 1.82) is 0 Å². The third-order valence-electron chi connectivity index (χ3n) is 3.97. The third kappa shape index (κ3) is 5.81. The summed E-state index contributed by atoms with van der Waals surface area (Å²) in [7, 11) is 0. The predicted molar refractivity (Wildman–Crippen MR) is 87.3 cm³/mol. The molecule has 0 spiro atoms. The first-order valence-corrected chi connectivity index (χ1v) is 8.39. The van der Waals surface area contributed by atoms with Gasteiger partial charge in [0, 0.05) is 38.3 Å². The summed E-state index contributed by atoms with van der Waals surface area (Å²) in [5.74, 6) is 1.79. The van der Waals surface area contributed by atoms with Gasteiger partial charge in [-0.25, -0.2) is 0 Å². The Labute approximate surface area is 129 Å². The highest BCUT2D eigenvalue weighted by atomic mass is 16.3. The largest absolute Gasteiger partial charge is 0.468 e. The van der Waals surface area contributed by atoms with Gasteiger partial charge in [0.05, 0.1) is 12.8 Å². The van der Waals surface area contributed by atoms with Gasteiger partial charge in [0.15, 0.2) is 0 Å². The van der Waals surface area contributed by atoms with Gasteiger partial charge in [-0.1, -0.05) is 20.8 Å². The number of nitrogens with one attached hydrogen (secondary N) is 1. The summed E-state index contributed by atoms with van der Waals surface area (Å²) in [6.45, 7) is 15.6. The van der Waals surface area contributed by atoms with Crippen LogP contribution in [0.15, 0.2) is 16.7 Å². The van der Waals surface area contributed by atoms with E-state index in [0.29, 0.717) is 5.92 Å². The van der Waals surface area contributed by atoms with Crippen LogP contribution in [-0.2, 0) is 13.1 Å². The molecule has 0 atom stereocenters. The second-order valence-electron chi connectivity index (χ2n) is 6.56. The van der Waals surface area contributed by atoms with Gasteiger partial charge in [0.1, 0.15) is 5.76 Å². The first-order valence-electron chi connectivity index (χ1n) is 8.39. The fraction of sp³-hybridized carbons (Fsp3) is 0.765. The standard InChI is InChI=1S/C17H31N3O/c1-4-5-19-6-8-20(9-7-19)13-17-10-16(14-21-17)12-18-11-15(2)3/h10,14-15,18H,4-9,11-13H2,1-3H3. The van der Waals surface area contributed by atoms with E-state index in [9.17, 15) is 0 Å². The number of hydrogen-bond donors (Lipinski definition) is 1. The highest BCUT2D eigenvalue weighted by Crippen LogP contribution is 2.12. The predicted octanol–water partition coefficient (Wildman–Crippen LogP) is 2.55. The number of rotatable bonds is 8. The monoisotopic (exact) mass is 293 g/mol. The van der Waals surface area contributed by atoms with Crippen LogP contribution in [0, 0.1) is 5.92 Å². The van der Waals surface area contributed by atoms with E-state index in [1.165, 1.54) is 31.6 Å². The minimum Gasteiger partial charge on any atom is -0.468 e. The molecule has 4 heteroatoms. The molecule has 1 aromatic heterocycles. The summed E-state index contributed by atoms with van der Waals surface area (Å²) in [4.78, 5) is 5.05. The molecule has 1 fully saturated rings. The highest BCUT2D eigenvalue weighted by Gasteiger charge is 2.17. The Bertz CT molecular complexity index is 394. The first kappa shape index (κ1) is 16.5. The van der Waals surface area contributed by atoms with Crippen LogP contribution in [0.1, 0.15) is 38.5 Å². The Morgan fingerprint density at radius 1 is 1.19 bits per heavy atom. The molecule has 120 valence electrons. The van der Waals surface area contributed by atoms with Crippen molar-refractivity contribution in [1.82, 2.24) is 15.1 Å². The minimum atomic E-state index is 0.691. The van der Waals surface area contributed by atoms with Crippen LogP contribution in [0.3, 0.4) is 0 Å². The van der Waals surface area contributed by atoms with Gasteiger partial charge in [0.2, 0.25) is 0 Å². The Morgan fingerprint density at radius 3 is 2.57 bits per heavy atom. The van der Waals surface area contributed by atoms with Crippen LogP contribution in [0.4, 0.5) is 0 Å². The maximum absolute atomic E-state index is 5.70.